The van der Waals surface area contributed by atoms with Crippen LogP contribution in [0.2, 0.25) is 0 Å². The minimum absolute atomic E-state index is 0.0212. The predicted octanol–water partition coefficient (Wildman–Crippen LogP) is 5.32. The Labute approximate surface area is 199 Å². The maximum atomic E-state index is 13.8. The van der Waals surface area contributed by atoms with Crippen molar-refractivity contribution in [1.29, 1.82) is 0 Å². The van der Waals surface area contributed by atoms with Crippen LogP contribution >= 0.6 is 11.3 Å². The molecular formula is C26H21F2N3O2S. The predicted molar refractivity (Wildman–Crippen MR) is 128 cm³/mol. The van der Waals surface area contributed by atoms with Gasteiger partial charge in [0.15, 0.2) is 5.13 Å². The van der Waals surface area contributed by atoms with Crippen molar-refractivity contribution in [3.63, 3.8) is 0 Å². The SMILES string of the molecule is O=C(Cc1csc(NC(=O)c2ccccc2)n1)NC(Cc1cccc(F)c1)c1cccc(F)c1. The number of halogens is 2. The highest BCUT2D eigenvalue weighted by Crippen LogP contribution is 2.21. The van der Waals surface area contributed by atoms with Crippen LogP contribution < -0.4 is 10.6 Å². The van der Waals surface area contributed by atoms with E-state index in [1.165, 1.54) is 35.6 Å². The molecule has 0 aliphatic heterocycles. The third kappa shape index (κ3) is 6.32. The minimum atomic E-state index is -0.555. The maximum absolute atomic E-state index is 13.8. The van der Waals surface area contributed by atoms with Gasteiger partial charge in [-0.15, -0.1) is 11.3 Å². The Morgan fingerprint density at radius 1 is 0.912 bits per heavy atom. The Morgan fingerprint density at radius 3 is 2.38 bits per heavy atom. The van der Waals surface area contributed by atoms with Gasteiger partial charge < -0.3 is 5.32 Å². The number of carbonyl (C=O) groups is 2. The molecule has 4 aromatic rings. The van der Waals surface area contributed by atoms with Crippen LogP contribution in [-0.2, 0) is 17.6 Å². The van der Waals surface area contributed by atoms with Crippen LogP contribution in [0.4, 0.5) is 13.9 Å². The molecule has 172 valence electrons. The van der Waals surface area contributed by atoms with Gasteiger partial charge in [0, 0.05) is 10.9 Å². The number of benzene rings is 3. The molecule has 0 saturated carbocycles. The Balaban J connectivity index is 1.43. The summed E-state index contributed by atoms with van der Waals surface area (Å²) in [6, 6.07) is 20.2. The first kappa shape index (κ1) is 23.3. The Bertz CT molecular complexity index is 1290. The van der Waals surface area contributed by atoms with Crippen molar-refractivity contribution >= 4 is 28.3 Å². The van der Waals surface area contributed by atoms with Gasteiger partial charge in [-0.3, -0.25) is 14.9 Å². The zero-order valence-electron chi connectivity index (χ0n) is 18.0. The number of anilines is 1. The molecule has 2 N–H and O–H groups in total. The summed E-state index contributed by atoms with van der Waals surface area (Å²) in [6.45, 7) is 0. The summed E-state index contributed by atoms with van der Waals surface area (Å²) in [7, 11) is 0. The first-order chi connectivity index (χ1) is 16.5. The monoisotopic (exact) mass is 477 g/mol. The summed E-state index contributed by atoms with van der Waals surface area (Å²) in [4.78, 5) is 29.4. The highest BCUT2D eigenvalue weighted by Gasteiger charge is 2.18. The molecule has 1 unspecified atom stereocenters. The van der Waals surface area contributed by atoms with E-state index in [0.29, 0.717) is 33.9 Å². The molecular weight excluding hydrogens is 456 g/mol. The molecule has 0 aliphatic rings. The van der Waals surface area contributed by atoms with Crippen LogP contribution in [0.1, 0.15) is 33.2 Å². The second kappa shape index (κ2) is 10.8. The van der Waals surface area contributed by atoms with Crippen molar-refractivity contribution in [2.24, 2.45) is 0 Å². The van der Waals surface area contributed by atoms with Gasteiger partial charge >= 0.3 is 0 Å². The Kier molecular flexibility index (Phi) is 7.39. The number of carbonyl (C=O) groups excluding carboxylic acids is 2. The summed E-state index contributed by atoms with van der Waals surface area (Å²) >= 11 is 1.22. The lowest BCUT2D eigenvalue weighted by Crippen LogP contribution is -2.31. The standard InChI is InChI=1S/C26H21F2N3O2S/c27-20-10-4-6-17(12-20)13-23(19-9-5-11-21(28)14-19)30-24(32)15-22-16-34-26(29-22)31-25(33)18-7-2-1-3-8-18/h1-12,14,16,23H,13,15H2,(H,30,32)(H,29,31,33). The summed E-state index contributed by atoms with van der Waals surface area (Å²) in [6.07, 6.45) is 0.273. The molecule has 1 aromatic heterocycles. The fourth-order valence-corrected chi connectivity index (χ4v) is 4.19. The van der Waals surface area contributed by atoms with Gasteiger partial charge in [0.1, 0.15) is 11.6 Å². The van der Waals surface area contributed by atoms with Crippen molar-refractivity contribution in [1.82, 2.24) is 10.3 Å². The second-order valence-corrected chi connectivity index (χ2v) is 8.51. The van der Waals surface area contributed by atoms with E-state index in [1.54, 1.807) is 53.9 Å². The molecule has 4 rings (SSSR count). The number of amides is 2. The molecule has 0 bridgehead atoms. The van der Waals surface area contributed by atoms with Crippen LogP contribution in [0.5, 0.6) is 0 Å². The zero-order valence-corrected chi connectivity index (χ0v) is 18.8. The zero-order chi connectivity index (χ0) is 23.9. The van der Waals surface area contributed by atoms with Gasteiger partial charge in [0.25, 0.3) is 5.91 Å². The smallest absolute Gasteiger partial charge is 0.257 e. The topological polar surface area (TPSA) is 71.1 Å². The lowest BCUT2D eigenvalue weighted by Gasteiger charge is -2.19. The van der Waals surface area contributed by atoms with Gasteiger partial charge in [0.2, 0.25) is 5.91 Å². The normalized spacial score (nSPS) is 11.6. The molecule has 1 heterocycles. The lowest BCUT2D eigenvalue weighted by atomic mass is 9.98. The highest BCUT2D eigenvalue weighted by molar-refractivity contribution is 7.14. The van der Waals surface area contributed by atoms with E-state index < -0.39 is 11.9 Å². The van der Waals surface area contributed by atoms with E-state index in [9.17, 15) is 18.4 Å². The van der Waals surface area contributed by atoms with Gasteiger partial charge in [0.05, 0.1) is 18.2 Å². The lowest BCUT2D eigenvalue weighted by molar-refractivity contribution is -0.121. The van der Waals surface area contributed by atoms with Crippen molar-refractivity contribution < 1.29 is 18.4 Å². The molecule has 0 fully saturated rings. The molecule has 0 aliphatic carbocycles. The number of nitrogens with one attached hydrogen (secondary N) is 2. The van der Waals surface area contributed by atoms with E-state index in [4.69, 9.17) is 0 Å². The highest BCUT2D eigenvalue weighted by atomic mass is 32.1. The number of rotatable bonds is 8. The quantitative estimate of drug-likeness (QED) is 0.361. The Morgan fingerprint density at radius 2 is 1.65 bits per heavy atom. The number of hydrogen-bond donors (Lipinski definition) is 2. The molecule has 1 atom stereocenters. The molecule has 0 saturated heterocycles. The number of hydrogen-bond acceptors (Lipinski definition) is 4. The van der Waals surface area contributed by atoms with Crippen molar-refractivity contribution in [3.8, 4) is 0 Å². The van der Waals surface area contributed by atoms with Crippen LogP contribution in [0.3, 0.4) is 0 Å². The first-order valence-corrected chi connectivity index (χ1v) is 11.4. The summed E-state index contributed by atoms with van der Waals surface area (Å²) < 4.78 is 27.5. The van der Waals surface area contributed by atoms with Gasteiger partial charge in [-0.2, -0.15) is 0 Å². The Hall–Kier alpha value is -3.91. The van der Waals surface area contributed by atoms with Crippen LogP contribution in [0, 0.1) is 11.6 Å². The van der Waals surface area contributed by atoms with Crippen LogP contribution in [0.15, 0.2) is 84.2 Å². The van der Waals surface area contributed by atoms with Crippen molar-refractivity contribution in [3.05, 3.63) is 118 Å². The third-order valence-corrected chi connectivity index (χ3v) is 5.87. The largest absolute Gasteiger partial charge is 0.349 e. The van der Waals surface area contributed by atoms with E-state index in [1.807, 2.05) is 6.07 Å². The molecule has 34 heavy (non-hydrogen) atoms. The number of nitrogens with zero attached hydrogens (tertiary/aromatic N) is 1. The van der Waals surface area contributed by atoms with Crippen LogP contribution in [-0.4, -0.2) is 16.8 Å². The molecule has 2 amide bonds. The van der Waals surface area contributed by atoms with Crippen molar-refractivity contribution in [2.45, 2.75) is 18.9 Å². The average molecular weight is 478 g/mol. The van der Waals surface area contributed by atoms with E-state index in [0.717, 1.165) is 0 Å². The van der Waals surface area contributed by atoms with E-state index >= 15 is 0 Å². The van der Waals surface area contributed by atoms with Gasteiger partial charge in [-0.1, -0.05) is 42.5 Å². The first-order valence-electron chi connectivity index (χ1n) is 10.6. The molecule has 0 radical (unpaired) electrons. The third-order valence-electron chi connectivity index (χ3n) is 5.06. The number of aromatic nitrogens is 1. The minimum Gasteiger partial charge on any atom is -0.349 e. The number of thiazole rings is 1. The molecule has 0 spiro atoms. The van der Waals surface area contributed by atoms with Crippen molar-refractivity contribution in [2.75, 3.05) is 5.32 Å². The fourth-order valence-electron chi connectivity index (χ4n) is 3.49. The van der Waals surface area contributed by atoms with E-state index in [-0.39, 0.29) is 24.1 Å². The molecule has 8 heteroatoms. The van der Waals surface area contributed by atoms with Gasteiger partial charge in [-0.05, 0) is 53.9 Å². The van der Waals surface area contributed by atoms with Crippen LogP contribution in [0.25, 0.3) is 0 Å². The molecule has 5 nitrogen and oxygen atoms in total. The molecule has 3 aromatic carbocycles. The average Bonchev–Trinajstić information content (AvgIpc) is 3.25. The van der Waals surface area contributed by atoms with E-state index in [2.05, 4.69) is 15.6 Å². The maximum Gasteiger partial charge on any atom is 0.257 e. The summed E-state index contributed by atoms with van der Waals surface area (Å²) in [5.74, 6) is -1.41. The summed E-state index contributed by atoms with van der Waals surface area (Å²) in [5, 5.41) is 7.71. The van der Waals surface area contributed by atoms with Gasteiger partial charge in [-0.25, -0.2) is 13.8 Å². The fraction of sp³-hybridized carbons (Fsp3) is 0.115. The summed E-state index contributed by atoms with van der Waals surface area (Å²) in [5.41, 5.74) is 2.25. The second-order valence-electron chi connectivity index (χ2n) is 7.65.